The number of carbonyl (C=O) groups excluding carboxylic acids is 2. The van der Waals surface area contributed by atoms with Crippen molar-refractivity contribution in [1.82, 2.24) is 0 Å². The van der Waals surface area contributed by atoms with Crippen LogP contribution in [0.25, 0.3) is 0 Å². The van der Waals surface area contributed by atoms with Crippen molar-refractivity contribution in [3.05, 3.63) is 0 Å². The zero-order chi connectivity index (χ0) is 20.9. The summed E-state index contributed by atoms with van der Waals surface area (Å²) >= 11 is 11.2. The molecule has 1 atom stereocenters. The molecule has 6 heteroatoms. The molecule has 0 bridgehead atoms. The molecule has 28 heavy (non-hydrogen) atoms. The van der Waals surface area contributed by atoms with Crippen LogP contribution in [-0.4, -0.2) is 36.4 Å². The van der Waals surface area contributed by atoms with Crippen LogP contribution in [0.3, 0.4) is 0 Å². The lowest BCUT2D eigenvalue weighted by molar-refractivity contribution is -0.149. The van der Waals surface area contributed by atoms with E-state index in [4.69, 9.17) is 32.7 Å². The van der Waals surface area contributed by atoms with E-state index in [0.29, 0.717) is 31.2 Å². The van der Waals surface area contributed by atoms with Crippen LogP contribution < -0.4 is 0 Å². The number of rotatable bonds is 20. The molecule has 0 aliphatic carbocycles. The minimum Gasteiger partial charge on any atom is -0.466 e. The number of hydrogen-bond donors (Lipinski definition) is 0. The third-order valence-electron chi connectivity index (χ3n) is 4.72. The van der Waals surface area contributed by atoms with Gasteiger partial charge < -0.3 is 9.47 Å². The Balaban J connectivity index is 3.45. The van der Waals surface area contributed by atoms with E-state index in [-0.39, 0.29) is 18.0 Å². The van der Waals surface area contributed by atoms with Gasteiger partial charge in [-0.1, -0.05) is 39.0 Å². The van der Waals surface area contributed by atoms with Crippen LogP contribution >= 0.6 is 23.2 Å². The molecule has 0 amide bonds. The number of unbranched alkanes of at least 4 members (excludes halogenated alkanes) is 8. The Labute approximate surface area is 182 Å². The molecule has 0 aliphatic rings. The SMILES string of the molecule is CCC(CCCCCCCCCOC(=O)CCCCCl)OC(=O)CCCCCl. The fourth-order valence-electron chi connectivity index (χ4n) is 2.93. The zero-order valence-corrected chi connectivity index (χ0v) is 19.2. The first-order valence-corrected chi connectivity index (χ1v) is 12.2. The van der Waals surface area contributed by atoms with E-state index in [1.165, 1.54) is 25.7 Å². The number of alkyl halides is 2. The summed E-state index contributed by atoms with van der Waals surface area (Å²) in [6.07, 6.45) is 14.1. The Hall–Kier alpha value is -0.480. The highest BCUT2D eigenvalue weighted by Crippen LogP contribution is 2.14. The lowest BCUT2D eigenvalue weighted by Gasteiger charge is -2.16. The molecule has 0 aromatic rings. The maximum atomic E-state index is 11.8. The summed E-state index contributed by atoms with van der Waals surface area (Å²) < 4.78 is 10.7. The molecule has 0 radical (unpaired) electrons. The predicted octanol–water partition coefficient (Wildman–Crippen LogP) is 6.79. The molecule has 0 fully saturated rings. The van der Waals surface area contributed by atoms with Crippen molar-refractivity contribution in [1.29, 1.82) is 0 Å². The minimum absolute atomic E-state index is 0.0580. The van der Waals surface area contributed by atoms with Gasteiger partial charge in [0.15, 0.2) is 0 Å². The molecule has 1 unspecified atom stereocenters. The van der Waals surface area contributed by atoms with E-state index in [1.807, 2.05) is 0 Å². The molecule has 0 spiro atoms. The summed E-state index contributed by atoms with van der Waals surface area (Å²) in [4.78, 5) is 23.2. The Bertz CT molecular complexity index is 378. The van der Waals surface area contributed by atoms with Gasteiger partial charge in [0, 0.05) is 24.6 Å². The summed E-state index contributed by atoms with van der Waals surface area (Å²) in [5, 5.41) is 0. The van der Waals surface area contributed by atoms with Crippen LogP contribution in [0, 0.1) is 0 Å². The fourth-order valence-corrected chi connectivity index (χ4v) is 3.31. The number of esters is 2. The Morgan fingerprint density at radius 2 is 1.25 bits per heavy atom. The third kappa shape index (κ3) is 18.9. The van der Waals surface area contributed by atoms with Crippen LogP contribution in [0.15, 0.2) is 0 Å². The molecular weight excluding hydrogens is 399 g/mol. The van der Waals surface area contributed by atoms with Crippen molar-refractivity contribution in [3.63, 3.8) is 0 Å². The zero-order valence-electron chi connectivity index (χ0n) is 17.7. The first-order valence-electron chi connectivity index (χ1n) is 11.1. The van der Waals surface area contributed by atoms with Gasteiger partial charge in [0.2, 0.25) is 0 Å². The first-order chi connectivity index (χ1) is 13.6. The molecular formula is C22H40Cl2O4. The second-order valence-corrected chi connectivity index (χ2v) is 8.05. The molecule has 0 aromatic carbocycles. The van der Waals surface area contributed by atoms with Crippen LogP contribution in [0.1, 0.15) is 103 Å². The summed E-state index contributed by atoms with van der Waals surface area (Å²) in [6, 6.07) is 0. The second-order valence-electron chi connectivity index (χ2n) is 7.30. The molecule has 0 saturated heterocycles. The van der Waals surface area contributed by atoms with E-state index < -0.39 is 0 Å². The molecule has 0 rings (SSSR count). The highest BCUT2D eigenvalue weighted by Gasteiger charge is 2.12. The topological polar surface area (TPSA) is 52.6 Å². The van der Waals surface area contributed by atoms with E-state index in [1.54, 1.807) is 0 Å². The van der Waals surface area contributed by atoms with Crippen LogP contribution in [0.5, 0.6) is 0 Å². The highest BCUT2D eigenvalue weighted by atomic mass is 35.5. The molecule has 0 N–H and O–H groups in total. The van der Waals surface area contributed by atoms with Crippen LogP contribution in [-0.2, 0) is 19.1 Å². The van der Waals surface area contributed by atoms with E-state index in [0.717, 1.165) is 57.8 Å². The van der Waals surface area contributed by atoms with Gasteiger partial charge in [-0.3, -0.25) is 9.59 Å². The van der Waals surface area contributed by atoms with Gasteiger partial charge >= 0.3 is 11.9 Å². The maximum Gasteiger partial charge on any atom is 0.306 e. The molecule has 166 valence electrons. The fraction of sp³-hybridized carbons (Fsp3) is 0.909. The van der Waals surface area contributed by atoms with Crippen LogP contribution in [0.2, 0.25) is 0 Å². The van der Waals surface area contributed by atoms with Gasteiger partial charge in [-0.2, -0.15) is 0 Å². The Morgan fingerprint density at radius 3 is 1.82 bits per heavy atom. The average molecular weight is 439 g/mol. The summed E-state index contributed by atoms with van der Waals surface area (Å²) in [6.45, 7) is 2.61. The van der Waals surface area contributed by atoms with Crippen molar-refractivity contribution in [2.24, 2.45) is 0 Å². The smallest absolute Gasteiger partial charge is 0.306 e. The van der Waals surface area contributed by atoms with Gasteiger partial charge in [-0.15, -0.1) is 23.2 Å². The minimum atomic E-state index is -0.102. The summed E-state index contributed by atoms with van der Waals surface area (Å²) in [5.41, 5.74) is 0. The Morgan fingerprint density at radius 1 is 0.714 bits per heavy atom. The molecule has 0 aliphatic heterocycles. The van der Waals surface area contributed by atoms with E-state index in [2.05, 4.69) is 6.92 Å². The summed E-state index contributed by atoms with van der Waals surface area (Å²) in [7, 11) is 0. The van der Waals surface area contributed by atoms with Crippen molar-refractivity contribution in [2.45, 2.75) is 109 Å². The van der Waals surface area contributed by atoms with Gasteiger partial charge in [0.25, 0.3) is 0 Å². The number of ether oxygens (including phenoxy) is 2. The normalized spacial score (nSPS) is 12.0. The second kappa shape index (κ2) is 21.2. The average Bonchev–Trinajstić information content (AvgIpc) is 2.68. The van der Waals surface area contributed by atoms with E-state index in [9.17, 15) is 9.59 Å². The number of carbonyl (C=O) groups is 2. The van der Waals surface area contributed by atoms with Crippen LogP contribution in [0.4, 0.5) is 0 Å². The highest BCUT2D eigenvalue weighted by molar-refractivity contribution is 6.18. The molecule has 0 heterocycles. The number of halogens is 2. The first kappa shape index (κ1) is 27.5. The van der Waals surface area contributed by atoms with Gasteiger partial charge in [-0.05, 0) is 51.4 Å². The molecule has 4 nitrogen and oxygen atoms in total. The monoisotopic (exact) mass is 438 g/mol. The van der Waals surface area contributed by atoms with Crippen molar-refractivity contribution >= 4 is 35.1 Å². The predicted molar refractivity (Wildman–Crippen MR) is 117 cm³/mol. The Kier molecular flexibility index (Phi) is 20.9. The van der Waals surface area contributed by atoms with Gasteiger partial charge in [0.05, 0.1) is 6.61 Å². The van der Waals surface area contributed by atoms with E-state index >= 15 is 0 Å². The van der Waals surface area contributed by atoms with Crippen molar-refractivity contribution < 1.29 is 19.1 Å². The third-order valence-corrected chi connectivity index (χ3v) is 5.25. The molecule has 0 saturated carbocycles. The summed E-state index contributed by atoms with van der Waals surface area (Å²) in [5.74, 6) is 1.02. The standard InChI is InChI=1S/C22H40Cl2O4/c1-2-20(28-22(26)16-10-12-18-24)14-8-6-4-3-5-7-13-19-27-21(25)15-9-11-17-23/h20H,2-19H2,1H3. The van der Waals surface area contributed by atoms with Crippen molar-refractivity contribution in [3.8, 4) is 0 Å². The quantitative estimate of drug-likeness (QED) is 0.119. The maximum absolute atomic E-state index is 11.8. The number of hydrogen-bond acceptors (Lipinski definition) is 4. The van der Waals surface area contributed by atoms with Gasteiger partial charge in [-0.25, -0.2) is 0 Å². The van der Waals surface area contributed by atoms with Crippen molar-refractivity contribution in [2.75, 3.05) is 18.4 Å². The van der Waals surface area contributed by atoms with Gasteiger partial charge in [0.1, 0.15) is 6.10 Å². The largest absolute Gasteiger partial charge is 0.466 e. The lowest BCUT2D eigenvalue weighted by Crippen LogP contribution is -2.17. The lowest BCUT2D eigenvalue weighted by atomic mass is 10.1. The molecule has 0 aromatic heterocycles.